The van der Waals surface area contributed by atoms with Crippen molar-refractivity contribution in [1.82, 2.24) is 10.2 Å². The molecule has 0 radical (unpaired) electrons. The number of nitrogens with zero attached hydrogens (tertiary/aromatic N) is 1. The molecule has 0 amide bonds. The van der Waals surface area contributed by atoms with Crippen LogP contribution in [0.25, 0.3) is 11.0 Å². The highest BCUT2D eigenvalue weighted by atomic mass is 16.5. The smallest absolute Gasteiger partial charge is 0.134 e. The van der Waals surface area contributed by atoms with Gasteiger partial charge in [-0.05, 0) is 32.5 Å². The van der Waals surface area contributed by atoms with Crippen LogP contribution in [0.4, 0.5) is 0 Å². The Morgan fingerprint density at radius 3 is 2.76 bits per heavy atom. The van der Waals surface area contributed by atoms with Gasteiger partial charge in [-0.3, -0.25) is 0 Å². The second-order valence-corrected chi connectivity index (χ2v) is 5.56. The number of fused-ring (bicyclic) bond motifs is 1. The van der Waals surface area contributed by atoms with Gasteiger partial charge in [-0.15, -0.1) is 0 Å². The van der Waals surface area contributed by atoms with Crippen molar-refractivity contribution in [2.24, 2.45) is 0 Å². The third-order valence-corrected chi connectivity index (χ3v) is 3.90. The Hall–Kier alpha value is -1.36. The monoisotopic (exact) mass is 290 g/mol. The number of aryl methyl sites for hydroxylation is 1. The Bertz CT molecular complexity index is 565. The zero-order valence-corrected chi connectivity index (χ0v) is 13.5. The van der Waals surface area contributed by atoms with Crippen molar-refractivity contribution in [3.8, 4) is 0 Å². The fourth-order valence-corrected chi connectivity index (χ4v) is 2.53. The summed E-state index contributed by atoms with van der Waals surface area (Å²) in [6.45, 7) is 7.93. The van der Waals surface area contributed by atoms with Gasteiger partial charge >= 0.3 is 0 Å². The summed E-state index contributed by atoms with van der Waals surface area (Å²) in [7, 11) is 3.84. The lowest BCUT2D eigenvalue weighted by Gasteiger charge is -2.18. The van der Waals surface area contributed by atoms with E-state index in [0.717, 1.165) is 37.6 Å². The number of furan rings is 1. The summed E-state index contributed by atoms with van der Waals surface area (Å²) in [5.74, 6) is 1.04. The van der Waals surface area contributed by atoms with Crippen molar-refractivity contribution >= 4 is 11.0 Å². The summed E-state index contributed by atoms with van der Waals surface area (Å²) in [5, 5.41) is 4.74. The Labute approximate surface area is 127 Å². The van der Waals surface area contributed by atoms with Crippen molar-refractivity contribution in [2.45, 2.75) is 19.9 Å². The molecule has 1 heterocycles. The first-order valence-electron chi connectivity index (χ1n) is 7.52. The minimum absolute atomic E-state index is 0.216. The van der Waals surface area contributed by atoms with E-state index in [1.54, 1.807) is 7.11 Å². The van der Waals surface area contributed by atoms with Crippen LogP contribution >= 0.6 is 0 Å². The quantitative estimate of drug-likeness (QED) is 0.811. The third kappa shape index (κ3) is 4.06. The van der Waals surface area contributed by atoms with E-state index < -0.39 is 0 Å². The van der Waals surface area contributed by atoms with Crippen LogP contribution in [0.15, 0.2) is 28.7 Å². The molecular weight excluding hydrogens is 264 g/mol. The number of methoxy groups -OCH3 is 1. The van der Waals surface area contributed by atoms with Gasteiger partial charge in [0.05, 0.1) is 12.6 Å². The van der Waals surface area contributed by atoms with Crippen LogP contribution in [0.2, 0.25) is 0 Å². The molecule has 0 saturated heterocycles. The number of benzene rings is 1. The Morgan fingerprint density at radius 1 is 1.29 bits per heavy atom. The number of para-hydroxylation sites is 1. The highest BCUT2D eigenvalue weighted by Crippen LogP contribution is 2.28. The lowest BCUT2D eigenvalue weighted by molar-refractivity contribution is 0.161. The fourth-order valence-electron chi connectivity index (χ4n) is 2.53. The molecule has 116 valence electrons. The maximum absolute atomic E-state index is 5.99. The van der Waals surface area contributed by atoms with Crippen molar-refractivity contribution in [1.29, 1.82) is 0 Å². The number of hydrogen-bond donors (Lipinski definition) is 1. The largest absolute Gasteiger partial charge is 0.459 e. The standard InChI is InChI=1S/C17H26N2O2/c1-13-15-7-5-6-8-16(15)21-17(13)14(2)18-9-10-19(3)11-12-20-4/h5-8,14,18H,9-12H2,1-4H3. The van der Waals surface area contributed by atoms with E-state index in [4.69, 9.17) is 9.15 Å². The Balaban J connectivity index is 1.90. The lowest BCUT2D eigenvalue weighted by Crippen LogP contribution is -2.32. The van der Waals surface area contributed by atoms with E-state index in [1.807, 2.05) is 12.1 Å². The van der Waals surface area contributed by atoms with Crippen LogP contribution in [0.1, 0.15) is 24.3 Å². The van der Waals surface area contributed by atoms with Gasteiger partial charge in [0, 0.05) is 32.1 Å². The molecular formula is C17H26N2O2. The Kier molecular flexibility index (Phi) is 5.79. The maximum atomic E-state index is 5.99. The van der Waals surface area contributed by atoms with Crippen molar-refractivity contribution in [3.05, 3.63) is 35.6 Å². The molecule has 0 aliphatic rings. The molecule has 0 aliphatic carbocycles. The van der Waals surface area contributed by atoms with Gasteiger partial charge in [0.25, 0.3) is 0 Å². The normalized spacial score (nSPS) is 13.2. The first-order valence-corrected chi connectivity index (χ1v) is 7.52. The average molecular weight is 290 g/mol. The zero-order chi connectivity index (χ0) is 15.2. The molecule has 0 bridgehead atoms. The molecule has 2 rings (SSSR count). The molecule has 0 fully saturated rings. The summed E-state index contributed by atoms with van der Waals surface area (Å²) in [4.78, 5) is 2.26. The minimum atomic E-state index is 0.216. The number of rotatable bonds is 8. The number of hydrogen-bond acceptors (Lipinski definition) is 4. The van der Waals surface area contributed by atoms with Crippen LogP contribution in [0, 0.1) is 6.92 Å². The van der Waals surface area contributed by atoms with E-state index in [2.05, 4.69) is 43.2 Å². The molecule has 4 heteroatoms. The second kappa shape index (κ2) is 7.59. The maximum Gasteiger partial charge on any atom is 0.134 e. The predicted molar refractivity (Wildman–Crippen MR) is 86.7 cm³/mol. The van der Waals surface area contributed by atoms with E-state index in [-0.39, 0.29) is 6.04 Å². The summed E-state index contributed by atoms with van der Waals surface area (Å²) in [6, 6.07) is 8.42. The van der Waals surface area contributed by atoms with Crippen molar-refractivity contribution in [2.75, 3.05) is 40.4 Å². The van der Waals surface area contributed by atoms with Gasteiger partial charge in [0.1, 0.15) is 11.3 Å². The first kappa shape index (κ1) is 16.0. The summed E-state index contributed by atoms with van der Waals surface area (Å²) < 4.78 is 11.1. The highest BCUT2D eigenvalue weighted by Gasteiger charge is 2.15. The molecule has 4 nitrogen and oxygen atoms in total. The topological polar surface area (TPSA) is 37.6 Å². The third-order valence-electron chi connectivity index (χ3n) is 3.90. The average Bonchev–Trinajstić information content (AvgIpc) is 2.83. The van der Waals surface area contributed by atoms with Gasteiger partial charge < -0.3 is 19.4 Å². The summed E-state index contributed by atoms with van der Waals surface area (Å²) >= 11 is 0. The van der Waals surface area contributed by atoms with Crippen LogP contribution < -0.4 is 5.32 Å². The van der Waals surface area contributed by atoms with Gasteiger partial charge in [0.15, 0.2) is 0 Å². The minimum Gasteiger partial charge on any atom is -0.459 e. The van der Waals surface area contributed by atoms with Crippen LogP contribution in [0.5, 0.6) is 0 Å². The fraction of sp³-hybridized carbons (Fsp3) is 0.529. The van der Waals surface area contributed by atoms with E-state index in [1.165, 1.54) is 10.9 Å². The van der Waals surface area contributed by atoms with E-state index in [9.17, 15) is 0 Å². The summed E-state index contributed by atoms with van der Waals surface area (Å²) in [5.41, 5.74) is 2.20. The number of nitrogens with one attached hydrogen (secondary N) is 1. The predicted octanol–water partition coefficient (Wildman–Crippen LogP) is 2.97. The molecule has 0 spiro atoms. The molecule has 21 heavy (non-hydrogen) atoms. The van der Waals surface area contributed by atoms with Gasteiger partial charge in [-0.2, -0.15) is 0 Å². The van der Waals surface area contributed by atoms with Gasteiger partial charge in [0.2, 0.25) is 0 Å². The van der Waals surface area contributed by atoms with Crippen LogP contribution in [-0.4, -0.2) is 45.3 Å². The Morgan fingerprint density at radius 2 is 2.05 bits per heavy atom. The molecule has 1 aromatic heterocycles. The van der Waals surface area contributed by atoms with Gasteiger partial charge in [-0.1, -0.05) is 18.2 Å². The first-order chi connectivity index (χ1) is 10.1. The molecule has 2 aromatic rings. The number of likely N-dealkylation sites (N-methyl/N-ethyl adjacent to an activating group) is 1. The molecule has 1 aromatic carbocycles. The summed E-state index contributed by atoms with van der Waals surface area (Å²) in [6.07, 6.45) is 0. The molecule has 1 unspecified atom stereocenters. The SMILES string of the molecule is COCCN(C)CCNC(C)c1oc2ccccc2c1C. The molecule has 1 N–H and O–H groups in total. The molecule has 1 atom stereocenters. The number of ether oxygens (including phenoxy) is 1. The lowest BCUT2D eigenvalue weighted by atomic mass is 10.1. The molecule has 0 saturated carbocycles. The second-order valence-electron chi connectivity index (χ2n) is 5.56. The highest BCUT2D eigenvalue weighted by molar-refractivity contribution is 5.82. The van der Waals surface area contributed by atoms with E-state index >= 15 is 0 Å². The van der Waals surface area contributed by atoms with Crippen LogP contribution in [-0.2, 0) is 4.74 Å². The van der Waals surface area contributed by atoms with Crippen LogP contribution in [0.3, 0.4) is 0 Å². The van der Waals surface area contributed by atoms with Gasteiger partial charge in [-0.25, -0.2) is 0 Å². The zero-order valence-electron chi connectivity index (χ0n) is 13.5. The molecule has 0 aliphatic heterocycles. The van der Waals surface area contributed by atoms with Crippen molar-refractivity contribution < 1.29 is 9.15 Å². The van der Waals surface area contributed by atoms with Crippen molar-refractivity contribution in [3.63, 3.8) is 0 Å². The van der Waals surface area contributed by atoms with E-state index in [0.29, 0.717) is 0 Å².